The van der Waals surface area contributed by atoms with Crippen LogP contribution in [0.5, 0.6) is 0 Å². The molecule has 0 saturated carbocycles. The summed E-state index contributed by atoms with van der Waals surface area (Å²) in [6, 6.07) is 13.2. The minimum Gasteiger partial charge on any atom is -0.467 e. The number of carbonyl (C=O) groups excluding carboxylic acids is 1. The summed E-state index contributed by atoms with van der Waals surface area (Å²) in [6.07, 6.45) is 1.88. The van der Waals surface area contributed by atoms with E-state index >= 15 is 0 Å². The molecule has 3 aromatic rings. The molecule has 0 bridgehead atoms. The van der Waals surface area contributed by atoms with Gasteiger partial charge in [-0.1, -0.05) is 18.2 Å². The van der Waals surface area contributed by atoms with Crippen molar-refractivity contribution in [2.24, 2.45) is 5.10 Å². The summed E-state index contributed by atoms with van der Waals surface area (Å²) in [7, 11) is -3.48. The molecule has 0 fully saturated rings. The highest BCUT2D eigenvalue weighted by Gasteiger charge is 2.37. The summed E-state index contributed by atoms with van der Waals surface area (Å²) < 4.78 is 38.1. The van der Waals surface area contributed by atoms with Crippen LogP contribution in [0, 0.1) is 0 Å². The highest BCUT2D eigenvalue weighted by atomic mass is 79.9. The number of benzene rings is 1. The minimum atomic E-state index is -3.48. The number of nitrogens with one attached hydrogen (secondary N) is 1. The molecule has 10 heteroatoms. The van der Waals surface area contributed by atoms with E-state index in [4.69, 9.17) is 8.83 Å². The third-order valence-electron chi connectivity index (χ3n) is 4.66. The highest BCUT2D eigenvalue weighted by molar-refractivity contribution is 9.10. The molecule has 156 valence electrons. The van der Waals surface area contributed by atoms with E-state index in [1.807, 2.05) is 0 Å². The van der Waals surface area contributed by atoms with Crippen molar-refractivity contribution in [1.82, 2.24) is 5.01 Å². The van der Waals surface area contributed by atoms with Gasteiger partial charge < -0.3 is 8.83 Å². The number of anilines is 1. The van der Waals surface area contributed by atoms with Crippen LogP contribution in [-0.2, 0) is 10.0 Å². The van der Waals surface area contributed by atoms with Gasteiger partial charge in [0.15, 0.2) is 10.4 Å². The molecule has 30 heavy (non-hydrogen) atoms. The van der Waals surface area contributed by atoms with Crippen molar-refractivity contribution in [2.45, 2.75) is 19.4 Å². The number of hydrogen-bond donors (Lipinski definition) is 1. The van der Waals surface area contributed by atoms with Crippen LogP contribution in [0.1, 0.15) is 41.3 Å². The van der Waals surface area contributed by atoms with Crippen molar-refractivity contribution in [1.29, 1.82) is 0 Å². The van der Waals surface area contributed by atoms with Crippen LogP contribution >= 0.6 is 15.9 Å². The molecular weight excluding hydrogens is 474 g/mol. The molecular formula is C20H18BrN3O5S. The number of rotatable bonds is 6. The smallest absolute Gasteiger partial charge is 0.310 e. The van der Waals surface area contributed by atoms with Gasteiger partial charge in [-0.15, -0.1) is 0 Å². The van der Waals surface area contributed by atoms with Gasteiger partial charge in [-0.3, -0.25) is 9.52 Å². The normalized spacial score (nSPS) is 16.5. The van der Waals surface area contributed by atoms with E-state index in [2.05, 4.69) is 25.8 Å². The fraction of sp³-hybridized carbons (Fsp3) is 0.200. The van der Waals surface area contributed by atoms with Crippen LogP contribution in [0.25, 0.3) is 0 Å². The lowest BCUT2D eigenvalue weighted by molar-refractivity contribution is 0.0659. The molecule has 1 atom stereocenters. The van der Waals surface area contributed by atoms with Gasteiger partial charge in [0.1, 0.15) is 11.8 Å². The molecule has 1 aliphatic heterocycles. The molecule has 3 heterocycles. The third kappa shape index (κ3) is 4.05. The first-order chi connectivity index (χ1) is 14.4. The molecule has 4 rings (SSSR count). The van der Waals surface area contributed by atoms with Crippen molar-refractivity contribution in [2.75, 3.05) is 10.5 Å². The molecule has 1 N–H and O–H groups in total. The van der Waals surface area contributed by atoms with Crippen LogP contribution in [-0.4, -0.2) is 30.8 Å². The van der Waals surface area contributed by atoms with Crippen molar-refractivity contribution < 1.29 is 22.0 Å². The Morgan fingerprint density at radius 1 is 1.23 bits per heavy atom. The summed E-state index contributed by atoms with van der Waals surface area (Å²) in [5.74, 6) is 0.215. The Morgan fingerprint density at radius 2 is 2.03 bits per heavy atom. The van der Waals surface area contributed by atoms with E-state index in [-0.39, 0.29) is 11.5 Å². The van der Waals surface area contributed by atoms with Gasteiger partial charge in [-0.25, -0.2) is 13.4 Å². The number of carbonyl (C=O) groups is 1. The Balaban J connectivity index is 1.74. The number of hydrogen-bond acceptors (Lipinski definition) is 6. The predicted molar refractivity (Wildman–Crippen MR) is 115 cm³/mol. The summed E-state index contributed by atoms with van der Waals surface area (Å²) in [5.41, 5.74) is 1.57. The lowest BCUT2D eigenvalue weighted by Crippen LogP contribution is -2.26. The van der Waals surface area contributed by atoms with Crippen LogP contribution < -0.4 is 4.72 Å². The molecule has 1 aliphatic rings. The molecule has 0 spiro atoms. The molecule has 2 aromatic heterocycles. The minimum absolute atomic E-state index is 0.0547. The standard InChI is InChI=1S/C20H18BrN3O5S/c1-2-30(26,27)23-14-7-4-3-6-13(14)15-12-16(17-8-5-11-28-17)24(22-15)20(25)18-9-10-19(21)29-18/h3-11,16,23H,2,12H2,1H3/t16-/m0/s1. The SMILES string of the molecule is CCS(=O)(=O)Nc1ccccc1C1=NN(C(=O)c2ccc(Br)o2)[C@H](c2ccco2)C1. The van der Waals surface area contributed by atoms with Gasteiger partial charge in [0.05, 0.1) is 23.4 Å². The average molecular weight is 492 g/mol. The topological polar surface area (TPSA) is 105 Å². The summed E-state index contributed by atoms with van der Waals surface area (Å²) in [4.78, 5) is 13.1. The third-order valence-corrected chi connectivity index (χ3v) is 6.37. The quantitative estimate of drug-likeness (QED) is 0.550. The van der Waals surface area contributed by atoms with Gasteiger partial charge in [-0.2, -0.15) is 5.10 Å². The number of amides is 1. The largest absolute Gasteiger partial charge is 0.467 e. The van der Waals surface area contributed by atoms with E-state index in [1.54, 1.807) is 55.5 Å². The lowest BCUT2D eigenvalue weighted by Gasteiger charge is -2.18. The van der Waals surface area contributed by atoms with Crippen molar-refractivity contribution in [3.8, 4) is 0 Å². The van der Waals surface area contributed by atoms with Crippen LogP contribution in [0.3, 0.4) is 0 Å². The zero-order chi connectivity index (χ0) is 21.3. The maximum absolute atomic E-state index is 13.1. The second-order valence-corrected chi connectivity index (χ2v) is 9.38. The first-order valence-corrected chi connectivity index (χ1v) is 11.6. The van der Waals surface area contributed by atoms with E-state index < -0.39 is 22.0 Å². The lowest BCUT2D eigenvalue weighted by atomic mass is 10.0. The fourth-order valence-electron chi connectivity index (χ4n) is 3.17. The number of furan rings is 2. The molecule has 8 nitrogen and oxygen atoms in total. The second kappa shape index (κ2) is 8.11. The summed E-state index contributed by atoms with van der Waals surface area (Å²) in [5, 5.41) is 5.84. The molecule has 0 aliphatic carbocycles. The average Bonchev–Trinajstić information content (AvgIpc) is 3.48. The maximum Gasteiger partial charge on any atom is 0.310 e. The number of sulfonamides is 1. The molecule has 0 saturated heterocycles. The van der Waals surface area contributed by atoms with E-state index in [1.165, 1.54) is 11.3 Å². The number of halogens is 1. The van der Waals surface area contributed by atoms with Crippen molar-refractivity contribution >= 4 is 43.3 Å². The van der Waals surface area contributed by atoms with Crippen molar-refractivity contribution in [3.05, 3.63) is 76.5 Å². The highest BCUT2D eigenvalue weighted by Crippen LogP contribution is 2.36. The Labute approximate surface area is 181 Å². The van der Waals surface area contributed by atoms with Crippen LogP contribution in [0.2, 0.25) is 0 Å². The Morgan fingerprint density at radius 3 is 2.70 bits per heavy atom. The Kier molecular flexibility index (Phi) is 5.52. The second-order valence-electron chi connectivity index (χ2n) is 6.59. The number of para-hydroxylation sites is 1. The van der Waals surface area contributed by atoms with E-state index in [9.17, 15) is 13.2 Å². The van der Waals surface area contributed by atoms with Crippen molar-refractivity contribution in [3.63, 3.8) is 0 Å². The van der Waals surface area contributed by atoms with E-state index in [0.717, 1.165) is 0 Å². The predicted octanol–water partition coefficient (Wildman–Crippen LogP) is 4.39. The molecule has 0 radical (unpaired) electrons. The summed E-state index contributed by atoms with van der Waals surface area (Å²) in [6.45, 7) is 1.56. The number of nitrogens with zero attached hydrogens (tertiary/aromatic N) is 2. The fourth-order valence-corrected chi connectivity index (χ4v) is 4.13. The number of hydrazone groups is 1. The Hall–Kier alpha value is -2.85. The summed E-state index contributed by atoms with van der Waals surface area (Å²) >= 11 is 3.20. The Bertz CT molecular complexity index is 1200. The molecule has 1 amide bonds. The van der Waals surface area contributed by atoms with Gasteiger partial charge >= 0.3 is 5.91 Å². The maximum atomic E-state index is 13.1. The van der Waals surface area contributed by atoms with E-state index in [0.29, 0.717) is 33.8 Å². The van der Waals surface area contributed by atoms with Gasteiger partial charge in [-0.05, 0) is 53.2 Å². The zero-order valence-corrected chi connectivity index (χ0v) is 18.3. The zero-order valence-electron chi connectivity index (χ0n) is 15.9. The first-order valence-electron chi connectivity index (χ1n) is 9.17. The van der Waals surface area contributed by atoms with Gasteiger partial charge in [0, 0.05) is 12.0 Å². The van der Waals surface area contributed by atoms with Crippen LogP contribution in [0.4, 0.5) is 5.69 Å². The first kappa shape index (κ1) is 20.4. The van der Waals surface area contributed by atoms with Gasteiger partial charge in [0.25, 0.3) is 0 Å². The molecule has 1 aromatic carbocycles. The monoisotopic (exact) mass is 491 g/mol. The van der Waals surface area contributed by atoms with Gasteiger partial charge in [0.2, 0.25) is 10.0 Å². The van der Waals surface area contributed by atoms with Crippen LogP contribution in [0.15, 0.2) is 73.4 Å². The molecule has 0 unspecified atom stereocenters.